The van der Waals surface area contributed by atoms with Gasteiger partial charge in [0.2, 0.25) is 5.91 Å². The highest BCUT2D eigenvalue weighted by Crippen LogP contribution is 2.25. The van der Waals surface area contributed by atoms with E-state index in [1.165, 1.54) is 19.3 Å². The number of amides is 1. The third kappa shape index (κ3) is 3.69. The molecule has 0 N–H and O–H groups in total. The van der Waals surface area contributed by atoms with Crippen LogP contribution >= 0.6 is 0 Å². The lowest BCUT2D eigenvalue weighted by molar-refractivity contribution is -0.138. The Morgan fingerprint density at radius 2 is 2.06 bits per heavy atom. The van der Waals surface area contributed by atoms with Crippen LogP contribution in [0.4, 0.5) is 0 Å². The van der Waals surface area contributed by atoms with Crippen molar-refractivity contribution in [2.24, 2.45) is 5.92 Å². The molecule has 0 aromatic heterocycles. The highest BCUT2D eigenvalue weighted by molar-refractivity contribution is 5.78. The van der Waals surface area contributed by atoms with Crippen molar-refractivity contribution in [2.45, 2.75) is 38.2 Å². The van der Waals surface area contributed by atoms with Gasteiger partial charge in [0.25, 0.3) is 0 Å². The van der Waals surface area contributed by atoms with Crippen LogP contribution in [0.2, 0.25) is 0 Å². The van der Waals surface area contributed by atoms with E-state index in [1.54, 1.807) is 0 Å². The average Bonchev–Trinajstić information content (AvgIpc) is 2.39. The monoisotopic (exact) mass is 254 g/mol. The van der Waals surface area contributed by atoms with Gasteiger partial charge in [-0.15, -0.1) is 0 Å². The molecule has 1 atom stereocenters. The number of morpholine rings is 1. The average molecular weight is 254 g/mol. The first kappa shape index (κ1) is 13.8. The van der Waals surface area contributed by atoms with Gasteiger partial charge in [-0.3, -0.25) is 4.79 Å². The summed E-state index contributed by atoms with van der Waals surface area (Å²) in [6.45, 7) is 3.45. The van der Waals surface area contributed by atoms with Crippen molar-refractivity contribution in [2.75, 3.05) is 40.3 Å². The van der Waals surface area contributed by atoms with E-state index in [0.29, 0.717) is 5.91 Å². The molecule has 0 aromatic carbocycles. The molecule has 1 amide bonds. The first-order valence-electron chi connectivity index (χ1n) is 7.22. The number of carbonyl (C=O) groups excluding carboxylic acids is 1. The Morgan fingerprint density at radius 1 is 1.33 bits per heavy atom. The fourth-order valence-electron chi connectivity index (χ4n) is 3.03. The quantitative estimate of drug-likeness (QED) is 0.762. The van der Waals surface area contributed by atoms with Gasteiger partial charge in [0.15, 0.2) is 0 Å². The van der Waals surface area contributed by atoms with Crippen LogP contribution in [-0.2, 0) is 9.53 Å². The smallest absolute Gasteiger partial charge is 0.225 e. The highest BCUT2D eigenvalue weighted by Gasteiger charge is 2.27. The standard InChI is InChI=1S/C14H26N2O2/c1-15-8-9-18-13(10-15)11-16(2)14(17)12-6-4-3-5-7-12/h12-13H,3-11H2,1-2H3. The number of likely N-dealkylation sites (N-methyl/N-ethyl adjacent to an activating group) is 2. The van der Waals surface area contributed by atoms with Crippen LogP contribution in [0.3, 0.4) is 0 Å². The Kier molecular flexibility index (Phi) is 5.01. The number of rotatable bonds is 3. The maximum atomic E-state index is 12.3. The van der Waals surface area contributed by atoms with Crippen LogP contribution in [0, 0.1) is 5.92 Å². The topological polar surface area (TPSA) is 32.8 Å². The SMILES string of the molecule is CN1CCOC(CN(C)C(=O)C2CCCCC2)C1. The molecular weight excluding hydrogens is 228 g/mol. The molecule has 0 spiro atoms. The predicted octanol–water partition coefficient (Wildman–Crippen LogP) is 1.36. The van der Waals surface area contributed by atoms with E-state index < -0.39 is 0 Å². The lowest BCUT2D eigenvalue weighted by Crippen LogP contribution is -2.47. The summed E-state index contributed by atoms with van der Waals surface area (Å²) < 4.78 is 5.72. The van der Waals surface area contributed by atoms with Gasteiger partial charge in [0.05, 0.1) is 12.7 Å². The summed E-state index contributed by atoms with van der Waals surface area (Å²) in [4.78, 5) is 16.5. The van der Waals surface area contributed by atoms with Gasteiger partial charge >= 0.3 is 0 Å². The molecule has 0 aromatic rings. The van der Waals surface area contributed by atoms with Crippen molar-refractivity contribution >= 4 is 5.91 Å². The first-order chi connectivity index (χ1) is 8.66. The summed E-state index contributed by atoms with van der Waals surface area (Å²) in [5.74, 6) is 0.594. The molecule has 18 heavy (non-hydrogen) atoms. The third-order valence-corrected chi connectivity index (χ3v) is 4.15. The van der Waals surface area contributed by atoms with E-state index in [2.05, 4.69) is 11.9 Å². The van der Waals surface area contributed by atoms with Crippen LogP contribution in [0.15, 0.2) is 0 Å². The van der Waals surface area contributed by atoms with Gasteiger partial charge in [-0.1, -0.05) is 19.3 Å². The second-order valence-electron chi connectivity index (χ2n) is 5.81. The number of hydrogen-bond donors (Lipinski definition) is 0. The van der Waals surface area contributed by atoms with E-state index >= 15 is 0 Å². The maximum Gasteiger partial charge on any atom is 0.225 e. The van der Waals surface area contributed by atoms with E-state index in [1.807, 2.05) is 11.9 Å². The minimum atomic E-state index is 0.182. The molecule has 104 valence electrons. The van der Waals surface area contributed by atoms with Gasteiger partial charge in [-0.2, -0.15) is 0 Å². The number of nitrogens with zero attached hydrogens (tertiary/aromatic N) is 2. The molecule has 2 rings (SSSR count). The summed E-state index contributed by atoms with van der Waals surface area (Å²) in [6.07, 6.45) is 6.06. The highest BCUT2D eigenvalue weighted by atomic mass is 16.5. The molecular formula is C14H26N2O2. The Labute approximate surface area is 110 Å². The lowest BCUT2D eigenvalue weighted by Gasteiger charge is -2.34. The second-order valence-corrected chi connectivity index (χ2v) is 5.81. The number of carbonyl (C=O) groups is 1. The van der Waals surface area contributed by atoms with Crippen LogP contribution in [0.25, 0.3) is 0 Å². The zero-order valence-corrected chi connectivity index (χ0v) is 11.7. The van der Waals surface area contributed by atoms with E-state index in [-0.39, 0.29) is 12.0 Å². The molecule has 2 fully saturated rings. The summed E-state index contributed by atoms with van der Waals surface area (Å²) >= 11 is 0. The maximum absolute atomic E-state index is 12.3. The van der Waals surface area contributed by atoms with Crippen LogP contribution in [-0.4, -0.2) is 62.1 Å². The predicted molar refractivity (Wildman–Crippen MR) is 71.4 cm³/mol. The molecule has 4 heteroatoms. The summed E-state index contributed by atoms with van der Waals surface area (Å²) in [6, 6.07) is 0. The van der Waals surface area contributed by atoms with Crippen molar-refractivity contribution in [1.29, 1.82) is 0 Å². The first-order valence-corrected chi connectivity index (χ1v) is 7.22. The third-order valence-electron chi connectivity index (χ3n) is 4.15. The van der Waals surface area contributed by atoms with Crippen LogP contribution in [0.5, 0.6) is 0 Å². The number of ether oxygens (including phenoxy) is 1. The van der Waals surface area contributed by atoms with Gasteiger partial charge in [0.1, 0.15) is 0 Å². The molecule has 1 heterocycles. The van der Waals surface area contributed by atoms with Crippen molar-refractivity contribution in [3.8, 4) is 0 Å². The Morgan fingerprint density at radius 3 is 2.72 bits per heavy atom. The summed E-state index contributed by atoms with van der Waals surface area (Å²) in [7, 11) is 4.04. The van der Waals surface area contributed by atoms with E-state index in [0.717, 1.165) is 39.1 Å². The second kappa shape index (κ2) is 6.53. The summed E-state index contributed by atoms with van der Waals surface area (Å²) in [5, 5.41) is 0. The minimum Gasteiger partial charge on any atom is -0.374 e. The normalized spacial score (nSPS) is 27.1. The number of hydrogen-bond acceptors (Lipinski definition) is 3. The van der Waals surface area contributed by atoms with Crippen molar-refractivity contribution in [3.05, 3.63) is 0 Å². The molecule has 1 unspecified atom stereocenters. The molecule has 1 saturated heterocycles. The molecule has 0 bridgehead atoms. The minimum absolute atomic E-state index is 0.182. The van der Waals surface area contributed by atoms with Crippen molar-refractivity contribution in [3.63, 3.8) is 0 Å². The van der Waals surface area contributed by atoms with Crippen molar-refractivity contribution in [1.82, 2.24) is 9.80 Å². The zero-order chi connectivity index (χ0) is 13.0. The van der Waals surface area contributed by atoms with E-state index in [9.17, 15) is 4.79 Å². The van der Waals surface area contributed by atoms with Crippen molar-refractivity contribution < 1.29 is 9.53 Å². The largest absolute Gasteiger partial charge is 0.374 e. The molecule has 4 nitrogen and oxygen atoms in total. The molecule has 1 saturated carbocycles. The van der Waals surface area contributed by atoms with Crippen LogP contribution in [0.1, 0.15) is 32.1 Å². The fraction of sp³-hybridized carbons (Fsp3) is 0.929. The van der Waals surface area contributed by atoms with Crippen LogP contribution < -0.4 is 0 Å². The molecule has 0 radical (unpaired) electrons. The van der Waals surface area contributed by atoms with Gasteiger partial charge in [-0.25, -0.2) is 0 Å². The zero-order valence-electron chi connectivity index (χ0n) is 11.7. The Balaban J connectivity index is 1.79. The lowest BCUT2D eigenvalue weighted by atomic mass is 9.88. The summed E-state index contributed by atoms with van der Waals surface area (Å²) in [5.41, 5.74) is 0. The molecule has 1 aliphatic carbocycles. The van der Waals surface area contributed by atoms with Gasteiger partial charge in [0, 0.05) is 32.6 Å². The Bertz CT molecular complexity index is 277. The van der Waals surface area contributed by atoms with E-state index in [4.69, 9.17) is 4.74 Å². The molecule has 1 aliphatic heterocycles. The Hall–Kier alpha value is -0.610. The van der Waals surface area contributed by atoms with Gasteiger partial charge in [-0.05, 0) is 19.9 Å². The molecule has 2 aliphatic rings. The fourth-order valence-corrected chi connectivity index (χ4v) is 3.03. The van der Waals surface area contributed by atoms with Gasteiger partial charge < -0.3 is 14.5 Å².